The van der Waals surface area contributed by atoms with Crippen molar-refractivity contribution in [2.45, 2.75) is 16.7 Å². The lowest BCUT2D eigenvalue weighted by atomic mass is 10.1. The summed E-state index contributed by atoms with van der Waals surface area (Å²) in [5.41, 5.74) is 1.35. The van der Waals surface area contributed by atoms with Crippen LogP contribution in [0.5, 0.6) is 5.75 Å². The van der Waals surface area contributed by atoms with Crippen molar-refractivity contribution in [3.05, 3.63) is 42.5 Å². The van der Waals surface area contributed by atoms with Gasteiger partial charge < -0.3 is 4.74 Å². The molecule has 24 heavy (non-hydrogen) atoms. The minimum absolute atomic E-state index is 0.0385. The number of hydrogen-bond acceptors (Lipinski definition) is 5. The largest absolute Gasteiger partial charge is 0.495 e. The maximum absolute atomic E-state index is 12.3. The van der Waals surface area contributed by atoms with Crippen LogP contribution < -0.4 is 9.46 Å². The second-order valence-electron chi connectivity index (χ2n) is 5.16. The van der Waals surface area contributed by atoms with Crippen LogP contribution in [0.2, 0.25) is 0 Å². The van der Waals surface area contributed by atoms with E-state index in [0.29, 0.717) is 11.1 Å². The maximum atomic E-state index is 12.3. The number of rotatable bonds is 6. The molecule has 0 saturated heterocycles. The van der Waals surface area contributed by atoms with Crippen molar-refractivity contribution in [3.8, 4) is 16.9 Å². The van der Waals surface area contributed by atoms with Crippen molar-refractivity contribution in [2.24, 2.45) is 0 Å². The Kier molecular flexibility index (Phi) is 5.32. The fourth-order valence-corrected chi connectivity index (χ4v) is 4.09. The second kappa shape index (κ2) is 6.92. The Balaban J connectivity index is 2.53. The number of ether oxygens (including phenoxy) is 1. The predicted octanol–water partition coefficient (Wildman–Crippen LogP) is 2.06. The lowest BCUT2D eigenvalue weighted by Gasteiger charge is -2.12. The smallest absolute Gasteiger partial charge is 0.244 e. The van der Waals surface area contributed by atoms with Crippen molar-refractivity contribution >= 4 is 19.9 Å². The summed E-state index contributed by atoms with van der Waals surface area (Å²) >= 11 is 0. The summed E-state index contributed by atoms with van der Waals surface area (Å²) in [6.07, 6.45) is 1.14. The van der Waals surface area contributed by atoms with Crippen LogP contribution in [0.4, 0.5) is 0 Å². The summed E-state index contributed by atoms with van der Waals surface area (Å²) in [5, 5.41) is 0. The summed E-state index contributed by atoms with van der Waals surface area (Å²) in [7, 11) is -5.56. The van der Waals surface area contributed by atoms with Crippen molar-refractivity contribution in [1.82, 2.24) is 4.72 Å². The Morgan fingerprint density at radius 2 is 1.54 bits per heavy atom. The zero-order valence-electron chi connectivity index (χ0n) is 13.6. The lowest BCUT2D eigenvalue weighted by molar-refractivity contribution is 0.402. The highest BCUT2D eigenvalue weighted by Crippen LogP contribution is 2.30. The van der Waals surface area contributed by atoms with E-state index in [-0.39, 0.29) is 22.1 Å². The Bertz CT molecular complexity index is 933. The van der Waals surface area contributed by atoms with Crippen LogP contribution >= 0.6 is 0 Å². The zero-order valence-corrected chi connectivity index (χ0v) is 15.2. The molecule has 1 N–H and O–H groups in total. The quantitative estimate of drug-likeness (QED) is 0.842. The Morgan fingerprint density at radius 3 is 2.04 bits per heavy atom. The topological polar surface area (TPSA) is 89.5 Å². The molecule has 2 rings (SSSR count). The van der Waals surface area contributed by atoms with Crippen LogP contribution in [-0.4, -0.2) is 36.7 Å². The molecule has 0 fully saturated rings. The first kappa shape index (κ1) is 18.4. The van der Waals surface area contributed by atoms with Crippen molar-refractivity contribution < 1.29 is 21.6 Å². The van der Waals surface area contributed by atoms with Gasteiger partial charge in [-0.15, -0.1) is 0 Å². The summed E-state index contributed by atoms with van der Waals surface area (Å²) in [5.74, 6) is 0.243. The van der Waals surface area contributed by atoms with E-state index in [9.17, 15) is 16.8 Å². The molecule has 0 heterocycles. The average Bonchev–Trinajstić information content (AvgIpc) is 2.53. The molecule has 8 heteroatoms. The first-order chi connectivity index (χ1) is 11.2. The van der Waals surface area contributed by atoms with Gasteiger partial charge in [-0.05, 0) is 35.4 Å². The van der Waals surface area contributed by atoms with E-state index in [0.717, 1.165) is 6.26 Å². The third-order valence-corrected chi connectivity index (χ3v) is 6.10. The molecule has 0 bridgehead atoms. The first-order valence-corrected chi connectivity index (χ1v) is 10.5. The van der Waals surface area contributed by atoms with Gasteiger partial charge in [0.25, 0.3) is 0 Å². The fraction of sp³-hybridized carbons (Fsp3) is 0.250. The standard InChI is InChI=1S/C16H19NO5S2/c1-4-17-24(20,21)16-11-13(7-10-15(16)22-2)12-5-8-14(9-6-12)23(3,18)19/h5-11,17H,4H2,1-3H3. The third-order valence-electron chi connectivity index (χ3n) is 3.40. The third kappa shape index (κ3) is 3.95. The van der Waals surface area contributed by atoms with Crippen molar-refractivity contribution in [2.75, 3.05) is 19.9 Å². The van der Waals surface area contributed by atoms with Gasteiger partial charge in [-0.25, -0.2) is 21.6 Å². The van der Waals surface area contributed by atoms with Gasteiger partial charge in [0.1, 0.15) is 10.6 Å². The molecule has 0 amide bonds. The zero-order chi connectivity index (χ0) is 18.0. The predicted molar refractivity (Wildman–Crippen MR) is 92.4 cm³/mol. The Hall–Kier alpha value is -1.90. The monoisotopic (exact) mass is 369 g/mol. The average molecular weight is 369 g/mol. The highest BCUT2D eigenvalue weighted by molar-refractivity contribution is 7.90. The summed E-state index contributed by atoms with van der Waals surface area (Å²) in [6.45, 7) is 1.95. The van der Waals surface area contributed by atoms with Crippen LogP contribution in [-0.2, 0) is 19.9 Å². The van der Waals surface area contributed by atoms with E-state index in [4.69, 9.17) is 4.74 Å². The highest BCUT2D eigenvalue weighted by atomic mass is 32.2. The van der Waals surface area contributed by atoms with E-state index >= 15 is 0 Å². The van der Waals surface area contributed by atoms with Gasteiger partial charge in [-0.1, -0.05) is 25.1 Å². The summed E-state index contributed by atoms with van der Waals surface area (Å²) in [4.78, 5) is 0.247. The number of nitrogens with one attached hydrogen (secondary N) is 1. The Labute approximate surface area is 142 Å². The molecule has 0 spiro atoms. The minimum Gasteiger partial charge on any atom is -0.495 e. The van der Waals surface area contributed by atoms with E-state index < -0.39 is 19.9 Å². The molecule has 2 aromatic carbocycles. The van der Waals surface area contributed by atoms with Gasteiger partial charge in [0.05, 0.1) is 12.0 Å². The van der Waals surface area contributed by atoms with Gasteiger partial charge in [-0.3, -0.25) is 0 Å². The molecule has 2 aromatic rings. The normalized spacial score (nSPS) is 12.1. The van der Waals surface area contributed by atoms with E-state index in [1.807, 2.05) is 0 Å². The molecular formula is C16H19NO5S2. The fourth-order valence-electron chi connectivity index (χ4n) is 2.23. The van der Waals surface area contributed by atoms with Crippen molar-refractivity contribution in [1.29, 1.82) is 0 Å². The van der Waals surface area contributed by atoms with Gasteiger partial charge in [-0.2, -0.15) is 0 Å². The molecule has 0 aliphatic carbocycles. The number of sulfonamides is 1. The Morgan fingerprint density at radius 1 is 0.958 bits per heavy atom. The van der Waals surface area contributed by atoms with Crippen LogP contribution in [0.15, 0.2) is 52.3 Å². The van der Waals surface area contributed by atoms with E-state index in [1.165, 1.54) is 25.3 Å². The van der Waals surface area contributed by atoms with Crippen LogP contribution in [0.3, 0.4) is 0 Å². The van der Waals surface area contributed by atoms with E-state index in [1.54, 1.807) is 31.2 Å². The SMILES string of the molecule is CCNS(=O)(=O)c1cc(-c2ccc(S(C)(=O)=O)cc2)ccc1OC. The maximum Gasteiger partial charge on any atom is 0.244 e. The molecule has 6 nitrogen and oxygen atoms in total. The molecule has 0 unspecified atom stereocenters. The molecule has 0 radical (unpaired) electrons. The number of sulfone groups is 1. The van der Waals surface area contributed by atoms with Gasteiger partial charge in [0.15, 0.2) is 9.84 Å². The van der Waals surface area contributed by atoms with Crippen LogP contribution in [0.1, 0.15) is 6.92 Å². The second-order valence-corrected chi connectivity index (χ2v) is 8.91. The first-order valence-electron chi connectivity index (χ1n) is 7.17. The van der Waals surface area contributed by atoms with Crippen LogP contribution in [0.25, 0.3) is 11.1 Å². The molecule has 0 aliphatic heterocycles. The number of hydrogen-bond donors (Lipinski definition) is 1. The summed E-state index contributed by atoms with van der Waals surface area (Å²) < 4.78 is 55.2. The highest BCUT2D eigenvalue weighted by Gasteiger charge is 2.19. The number of benzene rings is 2. The molecule has 0 aliphatic rings. The number of methoxy groups -OCH3 is 1. The molecule has 0 aromatic heterocycles. The van der Waals surface area contributed by atoms with E-state index in [2.05, 4.69) is 4.72 Å². The van der Waals surface area contributed by atoms with Gasteiger partial charge in [0.2, 0.25) is 10.0 Å². The van der Waals surface area contributed by atoms with Gasteiger partial charge in [0, 0.05) is 12.8 Å². The van der Waals surface area contributed by atoms with Crippen LogP contribution in [0, 0.1) is 0 Å². The lowest BCUT2D eigenvalue weighted by Crippen LogP contribution is -2.23. The summed E-state index contributed by atoms with van der Waals surface area (Å²) in [6, 6.07) is 11.1. The van der Waals surface area contributed by atoms with Crippen molar-refractivity contribution in [3.63, 3.8) is 0 Å². The minimum atomic E-state index is -3.69. The van der Waals surface area contributed by atoms with Gasteiger partial charge >= 0.3 is 0 Å². The molecule has 130 valence electrons. The molecular weight excluding hydrogens is 350 g/mol. The molecule has 0 saturated carbocycles. The molecule has 0 atom stereocenters.